The van der Waals surface area contributed by atoms with Gasteiger partial charge in [-0.25, -0.2) is 4.79 Å². The van der Waals surface area contributed by atoms with E-state index in [1.54, 1.807) is 14.2 Å². The molecule has 0 heterocycles. The molecule has 0 saturated carbocycles. The lowest BCUT2D eigenvalue weighted by Crippen LogP contribution is -2.51. The van der Waals surface area contributed by atoms with E-state index in [0.29, 0.717) is 25.6 Å². The summed E-state index contributed by atoms with van der Waals surface area (Å²) < 4.78 is 17.1. The van der Waals surface area contributed by atoms with E-state index in [0.717, 1.165) is 0 Å². The van der Waals surface area contributed by atoms with Crippen molar-refractivity contribution in [1.82, 2.24) is 4.90 Å². The van der Waals surface area contributed by atoms with Crippen LogP contribution in [0.5, 0.6) is 0 Å². The van der Waals surface area contributed by atoms with Crippen LogP contribution < -0.4 is 0 Å². The normalized spacial score (nSPS) is 12.5. The Morgan fingerprint density at radius 1 is 1.21 bits per heavy atom. The van der Waals surface area contributed by atoms with Gasteiger partial charge in [0.15, 0.2) is 8.32 Å². The molecule has 0 spiro atoms. The molecule has 0 aromatic heterocycles. The number of hydrogen-bond donors (Lipinski definition) is 1. The summed E-state index contributed by atoms with van der Waals surface area (Å²) >= 11 is 0. The van der Waals surface area contributed by atoms with Crippen LogP contribution in [0.15, 0.2) is 0 Å². The average molecular weight is 310 g/mol. The van der Waals surface area contributed by atoms with Crippen LogP contribution in [0.3, 0.4) is 0 Å². The van der Waals surface area contributed by atoms with Gasteiger partial charge in [-0.3, -0.25) is 0 Å². The van der Waals surface area contributed by atoms with Crippen LogP contribution in [0.25, 0.3) is 0 Å². The molecule has 0 aromatic rings. The Bertz CT molecular complexity index is 279. The Kier molecular flexibility index (Phi) is 7.83. The molecule has 1 N–H and O–H groups in total. The number of nitrogens with zero attached hydrogens (tertiary/aromatic N) is 1. The van der Waals surface area contributed by atoms with Crippen LogP contribution in [-0.2, 0) is 13.0 Å². The van der Waals surface area contributed by atoms with Gasteiger partial charge in [0.2, 0.25) is 0 Å². The van der Waals surface area contributed by atoms with Gasteiger partial charge in [-0.1, -0.05) is 0 Å². The highest BCUT2D eigenvalue weighted by Crippen LogP contribution is 2.21. The van der Waals surface area contributed by atoms with Gasteiger partial charge in [0, 0.05) is 33.4 Å². The first-order chi connectivity index (χ1) is 8.69. The fourth-order valence-electron chi connectivity index (χ4n) is 1.76. The van der Waals surface area contributed by atoms with Gasteiger partial charge in [0.1, 0.15) is 0 Å². The van der Waals surface area contributed by atoms with Gasteiger partial charge in [0.25, 0.3) is 0 Å². The molecule has 0 saturated heterocycles. The molecule has 19 heavy (non-hydrogen) atoms. The zero-order valence-corrected chi connectivity index (χ0v) is 14.9. The Morgan fingerprint density at radius 3 is 2.05 bits per heavy atom. The molecule has 0 aliphatic carbocycles. The Morgan fingerprint density at radius 2 is 1.74 bits per heavy atom. The van der Waals surface area contributed by atoms with Crippen molar-refractivity contribution in [3.63, 3.8) is 0 Å². The third-order valence-corrected chi connectivity index (χ3v) is 8.55. The molecule has 0 radical (unpaired) electrons. The van der Waals surface area contributed by atoms with Crippen molar-refractivity contribution < 1.29 is 22.9 Å². The first-order valence-electron chi connectivity index (χ1n) is 6.48. The SMILES string of the molecule is CCN(CCC[Si](OC)(OC)O[Si](C)(C)C)C(=O)O. The summed E-state index contributed by atoms with van der Waals surface area (Å²) in [6, 6.07) is 0.633. The number of carbonyl (C=O) groups is 1. The molecule has 1 amide bonds. The number of hydrogen-bond acceptors (Lipinski definition) is 4. The van der Waals surface area contributed by atoms with Crippen molar-refractivity contribution in [2.45, 2.75) is 39.0 Å². The predicted molar refractivity (Wildman–Crippen MR) is 78.9 cm³/mol. The molecule has 0 fully saturated rings. The fraction of sp³-hybridized carbons (Fsp3) is 0.909. The second-order valence-corrected chi connectivity index (χ2v) is 13.0. The topological polar surface area (TPSA) is 68.2 Å². The minimum Gasteiger partial charge on any atom is -0.465 e. The molecule has 0 aromatic carbocycles. The van der Waals surface area contributed by atoms with Crippen molar-refractivity contribution in [2.75, 3.05) is 27.3 Å². The lowest BCUT2D eigenvalue weighted by molar-refractivity contribution is 0.141. The van der Waals surface area contributed by atoms with Gasteiger partial charge >= 0.3 is 14.9 Å². The summed E-state index contributed by atoms with van der Waals surface area (Å²) in [7, 11) is -1.21. The molecule has 0 atom stereocenters. The van der Waals surface area contributed by atoms with Gasteiger partial charge in [0.05, 0.1) is 0 Å². The summed E-state index contributed by atoms with van der Waals surface area (Å²) in [5.74, 6) is 0. The smallest absolute Gasteiger partial charge is 0.465 e. The summed E-state index contributed by atoms with van der Waals surface area (Å²) in [5, 5.41) is 8.95. The van der Waals surface area contributed by atoms with E-state index in [1.165, 1.54) is 4.90 Å². The minimum atomic E-state index is -2.65. The lowest BCUT2D eigenvalue weighted by Gasteiger charge is -2.33. The molecular formula is C11H27NO5Si2. The van der Waals surface area contributed by atoms with Crippen molar-refractivity contribution in [2.24, 2.45) is 0 Å². The highest BCUT2D eigenvalue weighted by Gasteiger charge is 2.42. The monoisotopic (exact) mass is 309 g/mol. The second kappa shape index (κ2) is 8.00. The van der Waals surface area contributed by atoms with E-state index in [1.807, 2.05) is 6.92 Å². The van der Waals surface area contributed by atoms with Crippen LogP contribution >= 0.6 is 0 Å². The highest BCUT2D eigenvalue weighted by molar-refractivity contribution is 6.79. The lowest BCUT2D eigenvalue weighted by atomic mass is 10.4. The quantitative estimate of drug-likeness (QED) is 0.663. The van der Waals surface area contributed by atoms with Gasteiger partial charge in [-0.15, -0.1) is 0 Å². The average Bonchev–Trinajstić information content (AvgIpc) is 2.31. The molecule has 0 unspecified atom stereocenters. The third kappa shape index (κ3) is 7.07. The largest absolute Gasteiger partial charge is 0.490 e. The van der Waals surface area contributed by atoms with E-state index in [2.05, 4.69) is 19.6 Å². The van der Waals surface area contributed by atoms with Gasteiger partial charge < -0.3 is 23.0 Å². The molecule has 0 aliphatic heterocycles. The standard InChI is InChI=1S/C11H27NO5Si2/c1-7-12(11(13)14)9-8-10-19(15-2,16-3)17-18(4,5)6/h7-10H2,1-6H3,(H,13,14). The Balaban J connectivity index is 4.47. The maximum Gasteiger partial charge on any atom is 0.490 e. The molecule has 8 heteroatoms. The van der Waals surface area contributed by atoms with E-state index in [-0.39, 0.29) is 0 Å². The first kappa shape index (κ1) is 18.6. The maximum atomic E-state index is 10.9. The zero-order valence-electron chi connectivity index (χ0n) is 12.9. The van der Waals surface area contributed by atoms with E-state index in [4.69, 9.17) is 18.1 Å². The Labute approximate surface area is 118 Å². The van der Waals surface area contributed by atoms with Crippen LogP contribution in [0.2, 0.25) is 25.7 Å². The van der Waals surface area contributed by atoms with Gasteiger partial charge in [-0.05, 0) is 33.0 Å². The number of carboxylic acid groups (broad SMARTS) is 1. The summed E-state index contributed by atoms with van der Waals surface area (Å²) in [5.41, 5.74) is 0. The molecule has 0 aliphatic rings. The first-order valence-corrected chi connectivity index (χ1v) is 11.8. The maximum absolute atomic E-state index is 10.9. The fourth-order valence-corrected chi connectivity index (χ4v) is 7.74. The summed E-state index contributed by atoms with van der Waals surface area (Å²) in [6.45, 7) is 9.04. The van der Waals surface area contributed by atoms with Gasteiger partial charge in [-0.2, -0.15) is 0 Å². The predicted octanol–water partition coefficient (Wildman–Crippen LogP) is 2.46. The van der Waals surface area contributed by atoms with Crippen molar-refractivity contribution >= 4 is 23.2 Å². The second-order valence-electron chi connectivity index (χ2n) is 5.27. The number of rotatable bonds is 9. The number of amides is 1. The molecule has 6 nitrogen and oxygen atoms in total. The zero-order chi connectivity index (χ0) is 15.1. The third-order valence-electron chi connectivity index (χ3n) is 2.65. The molecular weight excluding hydrogens is 282 g/mol. The van der Waals surface area contributed by atoms with E-state index >= 15 is 0 Å². The van der Waals surface area contributed by atoms with Crippen molar-refractivity contribution in [3.05, 3.63) is 0 Å². The molecule has 0 bridgehead atoms. The van der Waals surface area contributed by atoms with Crippen LogP contribution in [0, 0.1) is 0 Å². The van der Waals surface area contributed by atoms with Crippen LogP contribution in [-0.4, -0.2) is 60.5 Å². The highest BCUT2D eigenvalue weighted by atomic mass is 28.5. The van der Waals surface area contributed by atoms with Crippen molar-refractivity contribution in [3.8, 4) is 0 Å². The summed E-state index contributed by atoms with van der Waals surface area (Å²) in [6.07, 6.45) is -0.214. The van der Waals surface area contributed by atoms with E-state index < -0.39 is 23.2 Å². The van der Waals surface area contributed by atoms with Crippen LogP contribution in [0.4, 0.5) is 4.79 Å². The molecule has 0 rings (SSSR count). The Hall–Kier alpha value is -0.416. The van der Waals surface area contributed by atoms with Crippen molar-refractivity contribution in [1.29, 1.82) is 0 Å². The summed E-state index contributed by atoms with van der Waals surface area (Å²) in [4.78, 5) is 12.3. The van der Waals surface area contributed by atoms with Crippen LogP contribution in [0.1, 0.15) is 13.3 Å². The van der Waals surface area contributed by atoms with E-state index in [9.17, 15) is 4.79 Å². The minimum absolute atomic E-state index is 0.475. The molecule has 114 valence electrons.